The third-order valence-corrected chi connectivity index (χ3v) is 6.43. The van der Waals surface area contributed by atoms with E-state index in [2.05, 4.69) is 24.3 Å². The van der Waals surface area contributed by atoms with Crippen molar-refractivity contribution in [1.29, 1.82) is 0 Å². The number of anilines is 2. The molecule has 1 heterocycles. The normalized spacial score (nSPS) is 15.2. The highest BCUT2D eigenvalue weighted by Gasteiger charge is 2.30. The van der Waals surface area contributed by atoms with E-state index in [1.54, 1.807) is 17.0 Å². The molecule has 33 heavy (non-hydrogen) atoms. The third-order valence-electron chi connectivity index (χ3n) is 6.43. The molecule has 1 fully saturated rings. The molecule has 0 spiro atoms. The van der Waals surface area contributed by atoms with Crippen molar-refractivity contribution < 1.29 is 19.4 Å². The summed E-state index contributed by atoms with van der Waals surface area (Å²) in [7, 11) is 0. The van der Waals surface area contributed by atoms with Crippen LogP contribution >= 0.6 is 0 Å². The second-order valence-electron chi connectivity index (χ2n) is 8.40. The van der Waals surface area contributed by atoms with E-state index in [0.717, 1.165) is 5.69 Å². The Hall–Kier alpha value is -4.00. The highest BCUT2D eigenvalue weighted by atomic mass is 16.6. The van der Waals surface area contributed by atoms with Crippen LogP contribution in [0.3, 0.4) is 0 Å². The lowest BCUT2D eigenvalue weighted by Gasteiger charge is -2.35. The topological polar surface area (TPSA) is 96.1 Å². The van der Waals surface area contributed by atoms with Crippen molar-refractivity contribution in [1.82, 2.24) is 4.90 Å². The Balaban J connectivity index is 1.22. The minimum atomic E-state index is -1.01. The van der Waals surface area contributed by atoms with Crippen molar-refractivity contribution in [2.45, 2.75) is 5.92 Å². The van der Waals surface area contributed by atoms with Gasteiger partial charge in [0.2, 0.25) is 0 Å². The van der Waals surface area contributed by atoms with E-state index in [0.29, 0.717) is 38.5 Å². The molecule has 5 rings (SSSR count). The fourth-order valence-electron chi connectivity index (χ4n) is 4.77. The highest BCUT2D eigenvalue weighted by molar-refractivity contribution is 5.90. The number of hydrogen-bond acceptors (Lipinski definition) is 5. The summed E-state index contributed by atoms with van der Waals surface area (Å²) < 4.78 is 5.76. The van der Waals surface area contributed by atoms with E-state index < -0.39 is 5.97 Å². The molecule has 0 aromatic heterocycles. The lowest BCUT2D eigenvalue weighted by molar-refractivity contribution is 0.0697. The van der Waals surface area contributed by atoms with Crippen LogP contribution in [0.15, 0.2) is 66.7 Å². The van der Waals surface area contributed by atoms with Crippen LogP contribution in [0.5, 0.6) is 0 Å². The maximum Gasteiger partial charge on any atom is 0.409 e. The number of benzene rings is 3. The maximum atomic E-state index is 12.8. The van der Waals surface area contributed by atoms with Crippen molar-refractivity contribution in [2.24, 2.45) is 0 Å². The van der Waals surface area contributed by atoms with Gasteiger partial charge in [0.05, 0.1) is 5.56 Å². The van der Waals surface area contributed by atoms with Crippen LogP contribution in [0.2, 0.25) is 0 Å². The van der Waals surface area contributed by atoms with Gasteiger partial charge >= 0.3 is 12.1 Å². The number of amides is 1. The van der Waals surface area contributed by atoms with Crippen LogP contribution in [0, 0.1) is 0 Å². The number of nitrogens with two attached hydrogens (primary N) is 1. The van der Waals surface area contributed by atoms with Gasteiger partial charge in [-0.3, -0.25) is 0 Å². The van der Waals surface area contributed by atoms with Crippen LogP contribution < -0.4 is 10.6 Å². The average molecular weight is 444 g/mol. The Morgan fingerprint density at radius 3 is 2.12 bits per heavy atom. The van der Waals surface area contributed by atoms with Crippen LogP contribution in [0.1, 0.15) is 27.4 Å². The molecule has 0 radical (unpaired) electrons. The summed E-state index contributed by atoms with van der Waals surface area (Å²) >= 11 is 0. The molecule has 2 aliphatic rings. The second-order valence-corrected chi connectivity index (χ2v) is 8.40. The van der Waals surface area contributed by atoms with Crippen molar-refractivity contribution in [3.63, 3.8) is 0 Å². The molecular formula is C26H25N3O4. The van der Waals surface area contributed by atoms with Gasteiger partial charge in [0, 0.05) is 43.5 Å². The fourth-order valence-corrected chi connectivity index (χ4v) is 4.77. The molecule has 7 nitrogen and oxygen atoms in total. The second kappa shape index (κ2) is 8.50. The number of hydrogen-bond donors (Lipinski definition) is 2. The number of nitrogens with zero attached hydrogens (tertiary/aromatic N) is 2. The van der Waals surface area contributed by atoms with Gasteiger partial charge in [-0.1, -0.05) is 48.5 Å². The minimum Gasteiger partial charge on any atom is -0.478 e. The van der Waals surface area contributed by atoms with Crippen LogP contribution in [-0.4, -0.2) is 54.9 Å². The number of carbonyl (C=O) groups is 2. The molecule has 1 saturated heterocycles. The zero-order valence-corrected chi connectivity index (χ0v) is 18.1. The number of nitrogen functional groups attached to an aromatic ring is 1. The smallest absolute Gasteiger partial charge is 0.409 e. The zero-order chi connectivity index (χ0) is 22.9. The van der Waals surface area contributed by atoms with E-state index >= 15 is 0 Å². The number of carboxylic acids is 1. The lowest BCUT2D eigenvalue weighted by Crippen LogP contribution is -2.49. The zero-order valence-electron chi connectivity index (χ0n) is 18.1. The van der Waals surface area contributed by atoms with Gasteiger partial charge in [0.1, 0.15) is 6.61 Å². The van der Waals surface area contributed by atoms with Gasteiger partial charge in [-0.2, -0.15) is 0 Å². The SMILES string of the molecule is Nc1cc(C(=O)O)cc(N2CCN(C(=O)OCC3c4ccccc4-c4ccccc43)CC2)c1. The summed E-state index contributed by atoms with van der Waals surface area (Å²) in [4.78, 5) is 27.9. The summed E-state index contributed by atoms with van der Waals surface area (Å²) in [5, 5.41) is 9.27. The minimum absolute atomic E-state index is 0.0318. The van der Waals surface area contributed by atoms with Crippen molar-refractivity contribution in [3.8, 4) is 11.1 Å². The number of rotatable bonds is 4. The molecule has 7 heteroatoms. The quantitative estimate of drug-likeness (QED) is 0.591. The van der Waals surface area contributed by atoms with Gasteiger partial charge in [-0.05, 0) is 40.5 Å². The molecule has 3 N–H and O–H groups in total. The van der Waals surface area contributed by atoms with E-state index in [1.807, 2.05) is 29.2 Å². The largest absolute Gasteiger partial charge is 0.478 e. The number of ether oxygens (including phenoxy) is 1. The number of piperazine rings is 1. The molecule has 3 aromatic carbocycles. The molecule has 0 atom stereocenters. The van der Waals surface area contributed by atoms with E-state index in [9.17, 15) is 14.7 Å². The monoisotopic (exact) mass is 443 g/mol. The Morgan fingerprint density at radius 2 is 1.52 bits per heavy atom. The molecule has 0 unspecified atom stereocenters. The number of fused-ring (bicyclic) bond motifs is 3. The first-order valence-corrected chi connectivity index (χ1v) is 11.0. The predicted octanol–water partition coefficient (Wildman–Crippen LogP) is 4.04. The standard InChI is InChI=1S/C26H25N3O4/c27-18-13-17(25(30)31)14-19(15-18)28-9-11-29(12-10-28)26(32)33-16-24-22-7-3-1-5-20(22)21-6-2-4-8-23(21)24/h1-8,13-15,24H,9-12,16,27H2,(H,30,31). The Labute approximate surface area is 192 Å². The van der Waals surface area contributed by atoms with Gasteiger partial charge in [0.15, 0.2) is 0 Å². The number of aromatic carboxylic acids is 1. The summed E-state index contributed by atoms with van der Waals surface area (Å²) in [6.45, 7) is 2.44. The summed E-state index contributed by atoms with van der Waals surface area (Å²) in [6, 6.07) is 21.3. The molecule has 0 saturated carbocycles. The maximum absolute atomic E-state index is 12.8. The van der Waals surface area contributed by atoms with Gasteiger partial charge < -0.3 is 25.4 Å². The van der Waals surface area contributed by atoms with E-state index in [1.165, 1.54) is 28.3 Å². The van der Waals surface area contributed by atoms with Crippen LogP contribution in [0.4, 0.5) is 16.2 Å². The van der Waals surface area contributed by atoms with Gasteiger partial charge in [-0.25, -0.2) is 9.59 Å². The van der Waals surface area contributed by atoms with E-state index in [4.69, 9.17) is 10.5 Å². The predicted molar refractivity (Wildman–Crippen MR) is 127 cm³/mol. The highest BCUT2D eigenvalue weighted by Crippen LogP contribution is 2.44. The first-order valence-electron chi connectivity index (χ1n) is 11.0. The summed E-state index contributed by atoms with van der Waals surface area (Å²) in [6.07, 6.45) is -0.324. The van der Waals surface area contributed by atoms with Crippen molar-refractivity contribution in [3.05, 3.63) is 83.4 Å². The molecule has 168 valence electrons. The van der Waals surface area contributed by atoms with Crippen LogP contribution in [-0.2, 0) is 4.74 Å². The molecule has 0 bridgehead atoms. The summed E-state index contributed by atoms with van der Waals surface area (Å²) in [5.74, 6) is -0.981. The summed E-state index contributed by atoms with van der Waals surface area (Å²) in [5.41, 5.74) is 12.0. The number of carbonyl (C=O) groups excluding carboxylic acids is 1. The lowest BCUT2D eigenvalue weighted by atomic mass is 9.98. The first-order chi connectivity index (χ1) is 16.0. The number of carboxylic acid groups (broad SMARTS) is 1. The Kier molecular flexibility index (Phi) is 5.38. The molecule has 3 aromatic rings. The molecule has 1 amide bonds. The van der Waals surface area contributed by atoms with Gasteiger partial charge in [0.25, 0.3) is 0 Å². The van der Waals surface area contributed by atoms with E-state index in [-0.39, 0.29) is 17.6 Å². The molecule has 1 aliphatic carbocycles. The Morgan fingerprint density at radius 1 is 0.909 bits per heavy atom. The fraction of sp³-hybridized carbons (Fsp3) is 0.231. The average Bonchev–Trinajstić information content (AvgIpc) is 3.16. The van der Waals surface area contributed by atoms with Crippen molar-refractivity contribution in [2.75, 3.05) is 43.4 Å². The molecule has 1 aliphatic heterocycles. The molecular weight excluding hydrogens is 418 g/mol. The van der Waals surface area contributed by atoms with Crippen molar-refractivity contribution >= 4 is 23.4 Å². The Bertz CT molecular complexity index is 1170. The van der Waals surface area contributed by atoms with Crippen LogP contribution in [0.25, 0.3) is 11.1 Å². The van der Waals surface area contributed by atoms with Gasteiger partial charge in [-0.15, -0.1) is 0 Å². The first kappa shape index (κ1) is 20.9. The third kappa shape index (κ3) is 3.98.